The third-order valence-corrected chi connectivity index (χ3v) is 4.72. The van der Waals surface area contributed by atoms with Crippen molar-refractivity contribution in [2.24, 2.45) is 0 Å². The maximum Gasteiger partial charge on any atom is 0.330 e. The molecule has 1 atom stereocenters. The molecule has 0 bridgehead atoms. The van der Waals surface area contributed by atoms with Crippen LogP contribution in [0.15, 0.2) is 54.9 Å². The summed E-state index contributed by atoms with van der Waals surface area (Å²) in [6.45, 7) is 2.09. The minimum atomic E-state index is -0.669. The zero-order valence-corrected chi connectivity index (χ0v) is 14.6. The Bertz CT molecular complexity index is 1140. The molecule has 1 aliphatic heterocycles. The van der Waals surface area contributed by atoms with E-state index in [4.69, 9.17) is 0 Å². The molecule has 6 heteroatoms. The Morgan fingerprint density at radius 2 is 1.93 bits per heavy atom. The molecule has 27 heavy (non-hydrogen) atoms. The van der Waals surface area contributed by atoms with Crippen LogP contribution in [0.1, 0.15) is 11.1 Å². The number of nitrogens with zero attached hydrogens (tertiary/aromatic N) is 5. The summed E-state index contributed by atoms with van der Waals surface area (Å²) in [5, 5.41) is 20.9. The fourth-order valence-electron chi connectivity index (χ4n) is 3.42. The number of benzene rings is 2. The Labute approximate surface area is 156 Å². The molecule has 2 heterocycles. The van der Waals surface area contributed by atoms with Crippen LogP contribution in [0.2, 0.25) is 0 Å². The number of carbonyl (C=O) groups is 1. The minimum Gasteiger partial charge on any atom is -0.289 e. The number of aromatic nitrogens is 1. The summed E-state index contributed by atoms with van der Waals surface area (Å²) in [4.78, 5) is 20.5. The van der Waals surface area contributed by atoms with Crippen molar-refractivity contribution in [3.05, 3.63) is 66.0 Å². The van der Waals surface area contributed by atoms with Crippen LogP contribution in [0.5, 0.6) is 0 Å². The molecule has 3 aromatic rings. The smallest absolute Gasteiger partial charge is 0.289 e. The van der Waals surface area contributed by atoms with E-state index in [2.05, 4.69) is 17.1 Å². The molecule has 0 aliphatic carbocycles. The quantitative estimate of drug-likeness (QED) is 0.702. The van der Waals surface area contributed by atoms with Crippen LogP contribution in [0.25, 0.3) is 10.8 Å². The van der Waals surface area contributed by atoms with Gasteiger partial charge in [-0.3, -0.25) is 14.8 Å². The Morgan fingerprint density at radius 3 is 2.70 bits per heavy atom. The summed E-state index contributed by atoms with van der Waals surface area (Å²) in [7, 11) is 0. The number of aryl methyl sites for hydroxylation is 1. The van der Waals surface area contributed by atoms with E-state index in [1.807, 2.05) is 37.3 Å². The number of hydrogen-bond donors (Lipinski definition) is 0. The molecule has 2 aromatic carbocycles. The van der Waals surface area contributed by atoms with Gasteiger partial charge in [0.1, 0.15) is 12.1 Å². The van der Waals surface area contributed by atoms with Crippen LogP contribution in [0.3, 0.4) is 0 Å². The van der Waals surface area contributed by atoms with E-state index in [0.29, 0.717) is 16.9 Å². The highest BCUT2D eigenvalue weighted by molar-refractivity contribution is 6.12. The van der Waals surface area contributed by atoms with Crippen LogP contribution in [0.4, 0.5) is 16.2 Å². The van der Waals surface area contributed by atoms with E-state index in [9.17, 15) is 15.3 Å². The van der Waals surface area contributed by atoms with E-state index in [-0.39, 0.29) is 12.6 Å². The van der Waals surface area contributed by atoms with Gasteiger partial charge in [-0.2, -0.15) is 10.5 Å². The molecule has 1 unspecified atom stereocenters. The lowest BCUT2D eigenvalue weighted by Crippen LogP contribution is -2.35. The van der Waals surface area contributed by atoms with Crippen molar-refractivity contribution in [1.82, 2.24) is 4.98 Å². The van der Waals surface area contributed by atoms with Crippen LogP contribution in [-0.2, 0) is 0 Å². The average Bonchev–Trinajstić information content (AvgIpc) is 3.03. The molecule has 0 N–H and O–H groups in total. The molecule has 1 fully saturated rings. The van der Waals surface area contributed by atoms with Crippen LogP contribution in [-0.4, -0.2) is 23.6 Å². The molecule has 2 amide bonds. The second-order valence-electron chi connectivity index (χ2n) is 6.42. The fraction of sp³-hybridized carbons (Fsp3) is 0.143. The standard InChI is InChI=1S/C21H15N5O/c1-14-6-7-15(9-22)19(8-14)25-13-17(10-23)26(21(25)27)20-12-24-11-16-4-2-3-5-18(16)20/h2-8,11-12,17H,13H2,1H3. The van der Waals surface area contributed by atoms with E-state index < -0.39 is 6.04 Å². The molecule has 1 aromatic heterocycles. The second-order valence-corrected chi connectivity index (χ2v) is 6.42. The SMILES string of the molecule is Cc1ccc(C#N)c(N2CC(C#N)N(c3cncc4ccccc34)C2=O)c1. The van der Waals surface area contributed by atoms with Gasteiger partial charge in [0.25, 0.3) is 0 Å². The van der Waals surface area contributed by atoms with Crippen molar-refractivity contribution in [2.75, 3.05) is 16.3 Å². The highest BCUT2D eigenvalue weighted by Gasteiger charge is 2.40. The third kappa shape index (κ3) is 2.65. The first-order valence-electron chi connectivity index (χ1n) is 8.48. The Balaban J connectivity index is 1.84. The van der Waals surface area contributed by atoms with Crippen LogP contribution < -0.4 is 9.80 Å². The molecule has 1 saturated heterocycles. The lowest BCUT2D eigenvalue weighted by Gasteiger charge is -2.21. The van der Waals surface area contributed by atoms with Crippen molar-refractivity contribution in [3.8, 4) is 12.1 Å². The van der Waals surface area contributed by atoms with Crippen molar-refractivity contribution in [1.29, 1.82) is 10.5 Å². The lowest BCUT2D eigenvalue weighted by molar-refractivity contribution is 0.255. The Kier molecular flexibility index (Phi) is 3.95. The molecule has 0 spiro atoms. The zero-order valence-electron chi connectivity index (χ0n) is 14.6. The number of anilines is 2. The number of carbonyl (C=O) groups excluding carboxylic acids is 1. The van der Waals surface area contributed by atoms with Gasteiger partial charge in [0.15, 0.2) is 0 Å². The lowest BCUT2D eigenvalue weighted by atomic mass is 10.1. The maximum absolute atomic E-state index is 13.3. The summed E-state index contributed by atoms with van der Waals surface area (Å²) >= 11 is 0. The normalized spacial score (nSPS) is 16.4. The van der Waals surface area contributed by atoms with Crippen molar-refractivity contribution < 1.29 is 4.79 Å². The van der Waals surface area contributed by atoms with Crippen LogP contribution >= 0.6 is 0 Å². The molecule has 1 aliphatic rings. The Hall–Kier alpha value is -3.90. The van der Waals surface area contributed by atoms with Gasteiger partial charge in [-0.15, -0.1) is 0 Å². The summed E-state index contributed by atoms with van der Waals surface area (Å²) in [5.41, 5.74) is 2.47. The highest BCUT2D eigenvalue weighted by Crippen LogP contribution is 2.34. The van der Waals surface area contributed by atoms with Gasteiger partial charge in [-0.25, -0.2) is 4.79 Å². The zero-order chi connectivity index (χ0) is 19.0. The number of rotatable bonds is 2. The second kappa shape index (κ2) is 6.44. The predicted octanol–water partition coefficient (Wildman–Crippen LogP) is 3.75. The Morgan fingerprint density at radius 1 is 1.11 bits per heavy atom. The number of pyridine rings is 1. The van der Waals surface area contributed by atoms with Gasteiger partial charge in [0.05, 0.1) is 35.7 Å². The van der Waals surface area contributed by atoms with Crippen molar-refractivity contribution in [2.45, 2.75) is 13.0 Å². The first-order chi connectivity index (χ1) is 13.1. The number of fused-ring (bicyclic) bond motifs is 1. The number of hydrogen-bond acceptors (Lipinski definition) is 4. The van der Waals surface area contributed by atoms with Gasteiger partial charge >= 0.3 is 6.03 Å². The molecular weight excluding hydrogens is 338 g/mol. The topological polar surface area (TPSA) is 84.0 Å². The summed E-state index contributed by atoms with van der Waals surface area (Å²) in [6.07, 6.45) is 3.34. The summed E-state index contributed by atoms with van der Waals surface area (Å²) < 4.78 is 0. The van der Waals surface area contributed by atoms with E-state index in [1.54, 1.807) is 24.5 Å². The first kappa shape index (κ1) is 16.6. The highest BCUT2D eigenvalue weighted by atomic mass is 16.2. The maximum atomic E-state index is 13.3. The van der Waals surface area contributed by atoms with Gasteiger partial charge in [-0.05, 0) is 24.6 Å². The molecule has 0 radical (unpaired) electrons. The average molecular weight is 353 g/mol. The molecular formula is C21H15N5O. The fourth-order valence-corrected chi connectivity index (χ4v) is 3.42. The van der Waals surface area contributed by atoms with Gasteiger partial charge < -0.3 is 0 Å². The van der Waals surface area contributed by atoms with Gasteiger partial charge in [-0.1, -0.05) is 30.3 Å². The van der Waals surface area contributed by atoms with Crippen molar-refractivity contribution >= 4 is 28.2 Å². The largest absolute Gasteiger partial charge is 0.330 e. The van der Waals surface area contributed by atoms with Crippen molar-refractivity contribution in [3.63, 3.8) is 0 Å². The summed E-state index contributed by atoms with van der Waals surface area (Å²) in [5.74, 6) is 0. The van der Waals surface area contributed by atoms with Crippen LogP contribution in [0, 0.1) is 29.6 Å². The number of amides is 2. The minimum absolute atomic E-state index is 0.191. The number of nitriles is 2. The van der Waals surface area contributed by atoms with E-state index >= 15 is 0 Å². The van der Waals surface area contributed by atoms with Gasteiger partial charge in [0, 0.05) is 17.0 Å². The molecule has 130 valence electrons. The van der Waals surface area contributed by atoms with Gasteiger partial charge in [0.2, 0.25) is 0 Å². The predicted molar refractivity (Wildman–Crippen MR) is 102 cm³/mol. The number of urea groups is 1. The molecule has 6 nitrogen and oxygen atoms in total. The summed E-state index contributed by atoms with van der Waals surface area (Å²) in [6, 6.07) is 16.3. The third-order valence-electron chi connectivity index (χ3n) is 4.72. The first-order valence-corrected chi connectivity index (χ1v) is 8.48. The van der Waals surface area contributed by atoms with E-state index in [0.717, 1.165) is 16.3 Å². The van der Waals surface area contributed by atoms with E-state index in [1.165, 1.54) is 9.80 Å². The molecule has 0 saturated carbocycles. The monoisotopic (exact) mass is 353 g/mol. The molecule has 4 rings (SSSR count).